The van der Waals surface area contributed by atoms with Crippen LogP contribution in [0.4, 0.5) is 0 Å². The topological polar surface area (TPSA) is 30.5 Å². The minimum absolute atomic E-state index is 0.0427. The van der Waals surface area contributed by atoms with Gasteiger partial charge in [0.15, 0.2) is 0 Å². The molecule has 98 valence electrons. The van der Waals surface area contributed by atoms with E-state index in [1.807, 2.05) is 7.05 Å². The molecule has 3 heteroatoms. The summed E-state index contributed by atoms with van der Waals surface area (Å²) >= 11 is 0. The van der Waals surface area contributed by atoms with E-state index < -0.39 is 0 Å². The molecule has 0 aromatic carbocycles. The molecule has 0 amide bonds. The van der Waals surface area contributed by atoms with E-state index in [1.165, 1.54) is 12.0 Å². The number of allylic oxidation sites excluding steroid dienone is 1. The highest BCUT2D eigenvalue weighted by atomic mass is 16.6. The Kier molecular flexibility index (Phi) is 4.60. The lowest BCUT2D eigenvalue weighted by molar-refractivity contribution is -0.0925. The molecule has 0 aromatic heterocycles. The van der Waals surface area contributed by atoms with Crippen LogP contribution in [0.1, 0.15) is 32.6 Å². The van der Waals surface area contributed by atoms with Crippen molar-refractivity contribution >= 4 is 0 Å². The van der Waals surface area contributed by atoms with Crippen LogP contribution in [0.15, 0.2) is 11.6 Å². The van der Waals surface area contributed by atoms with Gasteiger partial charge < -0.3 is 14.8 Å². The molecule has 3 nitrogen and oxygen atoms in total. The summed E-state index contributed by atoms with van der Waals surface area (Å²) in [5.74, 6) is 0.697. The molecule has 2 aliphatic rings. The summed E-state index contributed by atoms with van der Waals surface area (Å²) in [6, 6.07) is 0. The Morgan fingerprint density at radius 1 is 1.47 bits per heavy atom. The molecule has 2 atom stereocenters. The third-order valence-electron chi connectivity index (χ3n) is 4.06. The van der Waals surface area contributed by atoms with Crippen molar-refractivity contribution < 1.29 is 9.47 Å². The van der Waals surface area contributed by atoms with Crippen molar-refractivity contribution in [1.29, 1.82) is 0 Å². The molecule has 2 fully saturated rings. The quantitative estimate of drug-likeness (QED) is 0.602. The predicted octanol–water partition coefficient (Wildman–Crippen LogP) is 2.13. The summed E-state index contributed by atoms with van der Waals surface area (Å²) < 4.78 is 11.5. The number of hydrogen-bond donors (Lipinski definition) is 1. The first-order valence-corrected chi connectivity index (χ1v) is 6.79. The van der Waals surface area contributed by atoms with Crippen LogP contribution in [0.25, 0.3) is 0 Å². The second-order valence-electron chi connectivity index (χ2n) is 5.36. The van der Waals surface area contributed by atoms with Crippen LogP contribution in [0.5, 0.6) is 0 Å². The van der Waals surface area contributed by atoms with E-state index >= 15 is 0 Å². The molecule has 1 spiro atoms. The van der Waals surface area contributed by atoms with Gasteiger partial charge in [0, 0.05) is 19.6 Å². The zero-order valence-electron chi connectivity index (χ0n) is 11.1. The summed E-state index contributed by atoms with van der Waals surface area (Å²) in [6.45, 7) is 5.90. The number of ether oxygens (including phenoxy) is 2. The predicted molar refractivity (Wildman–Crippen MR) is 69.1 cm³/mol. The highest BCUT2D eigenvalue weighted by Gasteiger charge is 2.41. The lowest BCUT2D eigenvalue weighted by atomic mass is 9.81. The highest BCUT2D eigenvalue weighted by Crippen LogP contribution is 2.38. The normalized spacial score (nSPS) is 34.5. The van der Waals surface area contributed by atoms with Crippen LogP contribution in [0.2, 0.25) is 0 Å². The highest BCUT2D eigenvalue weighted by molar-refractivity contribution is 5.08. The van der Waals surface area contributed by atoms with Gasteiger partial charge in [0.25, 0.3) is 0 Å². The molecular formula is C14H25NO2. The first-order valence-electron chi connectivity index (χ1n) is 6.79. The molecule has 2 rings (SSSR count). The van der Waals surface area contributed by atoms with Crippen molar-refractivity contribution in [2.24, 2.45) is 5.92 Å². The van der Waals surface area contributed by atoms with Crippen LogP contribution in [-0.2, 0) is 9.47 Å². The van der Waals surface area contributed by atoms with Gasteiger partial charge in [-0.25, -0.2) is 0 Å². The Morgan fingerprint density at radius 3 is 3.06 bits per heavy atom. The average molecular weight is 239 g/mol. The molecule has 17 heavy (non-hydrogen) atoms. The fraction of sp³-hybridized carbons (Fsp3) is 0.857. The van der Waals surface area contributed by atoms with Gasteiger partial charge in [-0.15, -0.1) is 0 Å². The maximum Gasteiger partial charge on any atom is 0.0942 e. The van der Waals surface area contributed by atoms with Gasteiger partial charge in [-0.1, -0.05) is 11.6 Å². The maximum atomic E-state index is 5.97. The number of hydrogen-bond acceptors (Lipinski definition) is 3. The molecule has 1 N–H and O–H groups in total. The summed E-state index contributed by atoms with van der Waals surface area (Å²) in [7, 11) is 2.00. The van der Waals surface area contributed by atoms with Gasteiger partial charge in [0.2, 0.25) is 0 Å². The van der Waals surface area contributed by atoms with Gasteiger partial charge in [-0.3, -0.25) is 0 Å². The van der Waals surface area contributed by atoms with E-state index in [4.69, 9.17) is 9.47 Å². The summed E-state index contributed by atoms with van der Waals surface area (Å²) in [4.78, 5) is 0. The fourth-order valence-corrected chi connectivity index (χ4v) is 2.89. The minimum Gasteiger partial charge on any atom is -0.378 e. The Hall–Kier alpha value is -0.380. The molecule has 2 aliphatic heterocycles. The molecule has 0 saturated carbocycles. The Morgan fingerprint density at radius 2 is 2.35 bits per heavy atom. The van der Waals surface area contributed by atoms with Crippen LogP contribution < -0.4 is 5.32 Å². The van der Waals surface area contributed by atoms with Crippen molar-refractivity contribution in [1.82, 2.24) is 5.32 Å². The van der Waals surface area contributed by atoms with E-state index in [-0.39, 0.29) is 5.60 Å². The van der Waals surface area contributed by atoms with Crippen LogP contribution in [0, 0.1) is 5.92 Å². The average Bonchev–Trinajstić information content (AvgIpc) is 2.77. The minimum atomic E-state index is 0.0427. The molecule has 2 saturated heterocycles. The summed E-state index contributed by atoms with van der Waals surface area (Å²) in [5, 5.41) is 3.19. The Balaban J connectivity index is 1.90. The molecular weight excluding hydrogens is 214 g/mol. The van der Waals surface area contributed by atoms with E-state index in [0.29, 0.717) is 5.92 Å². The van der Waals surface area contributed by atoms with E-state index in [0.717, 1.165) is 45.6 Å². The van der Waals surface area contributed by atoms with Gasteiger partial charge in [-0.2, -0.15) is 0 Å². The molecule has 2 unspecified atom stereocenters. The lowest BCUT2D eigenvalue weighted by Crippen LogP contribution is -2.40. The Bertz CT molecular complexity index is 269. The van der Waals surface area contributed by atoms with Crippen molar-refractivity contribution in [2.75, 3.05) is 33.4 Å². The summed E-state index contributed by atoms with van der Waals surface area (Å²) in [6.07, 6.45) is 6.91. The van der Waals surface area contributed by atoms with Gasteiger partial charge >= 0.3 is 0 Å². The fourth-order valence-electron chi connectivity index (χ4n) is 2.89. The second-order valence-corrected chi connectivity index (χ2v) is 5.36. The van der Waals surface area contributed by atoms with Crippen molar-refractivity contribution in [2.45, 2.75) is 38.2 Å². The first kappa shape index (κ1) is 13.1. The zero-order chi connectivity index (χ0) is 12.1. The monoisotopic (exact) mass is 239 g/mol. The van der Waals surface area contributed by atoms with Crippen LogP contribution in [0.3, 0.4) is 0 Å². The Labute approximate surface area is 105 Å². The third-order valence-corrected chi connectivity index (χ3v) is 4.06. The summed E-state index contributed by atoms with van der Waals surface area (Å²) in [5.41, 5.74) is 1.58. The molecule has 0 aromatic rings. The van der Waals surface area contributed by atoms with Gasteiger partial charge in [-0.05, 0) is 45.7 Å². The second kappa shape index (κ2) is 5.98. The zero-order valence-corrected chi connectivity index (χ0v) is 11.1. The first-order chi connectivity index (χ1) is 8.26. The molecule has 2 heterocycles. The van der Waals surface area contributed by atoms with Crippen molar-refractivity contribution in [3.63, 3.8) is 0 Å². The van der Waals surface area contributed by atoms with Crippen LogP contribution >= 0.6 is 0 Å². The molecule has 0 aliphatic carbocycles. The van der Waals surface area contributed by atoms with Gasteiger partial charge in [0.1, 0.15) is 0 Å². The van der Waals surface area contributed by atoms with Crippen molar-refractivity contribution in [3.05, 3.63) is 11.6 Å². The van der Waals surface area contributed by atoms with E-state index in [9.17, 15) is 0 Å². The number of nitrogens with one attached hydrogen (secondary N) is 1. The molecule has 0 bridgehead atoms. The molecule has 0 radical (unpaired) electrons. The maximum absolute atomic E-state index is 5.97. The van der Waals surface area contributed by atoms with E-state index in [1.54, 1.807) is 0 Å². The van der Waals surface area contributed by atoms with Crippen LogP contribution in [-0.4, -0.2) is 39.0 Å². The van der Waals surface area contributed by atoms with Crippen molar-refractivity contribution in [3.8, 4) is 0 Å². The lowest BCUT2D eigenvalue weighted by Gasteiger charge is -2.37. The smallest absolute Gasteiger partial charge is 0.0942 e. The standard InChI is InChI=1S/C14H25NO2/c1-12(4-3-7-15-2)13-5-8-17-14(10-13)6-9-16-11-14/h4,13,15H,3,5-11H2,1-2H3. The largest absolute Gasteiger partial charge is 0.378 e. The SMILES string of the molecule is CNCCC=C(C)C1CCOC2(CCOC2)C1. The number of rotatable bonds is 4. The third kappa shape index (κ3) is 3.30. The van der Waals surface area contributed by atoms with Gasteiger partial charge in [0.05, 0.1) is 12.2 Å². The van der Waals surface area contributed by atoms with E-state index in [2.05, 4.69) is 18.3 Å².